The highest BCUT2D eigenvalue weighted by Crippen LogP contribution is 2.64. The second kappa shape index (κ2) is 10.9. The van der Waals surface area contributed by atoms with Crippen molar-refractivity contribution in [3.63, 3.8) is 0 Å². The van der Waals surface area contributed by atoms with Crippen LogP contribution >= 0.6 is 0 Å². The number of para-hydroxylation sites is 2. The number of nitrogens with zero attached hydrogens (tertiary/aromatic N) is 1. The van der Waals surface area contributed by atoms with E-state index in [-0.39, 0.29) is 35.6 Å². The van der Waals surface area contributed by atoms with E-state index in [1.807, 2.05) is 97.9 Å². The lowest BCUT2D eigenvalue weighted by Gasteiger charge is -2.55. The molecule has 232 valence electrons. The molecule has 1 saturated heterocycles. The number of hydrogen-bond donors (Lipinski definition) is 1. The summed E-state index contributed by atoms with van der Waals surface area (Å²) < 4.78 is 0. The number of allylic oxidation sites excluding steroid dienone is 4. The number of phenolic OH excluding ortho intramolecular Hbond substituents is 1. The fraction of sp³-hybridized carbons (Fsp3) is 0.220. The fourth-order valence-electron chi connectivity index (χ4n) is 8.96. The molecule has 1 N–H and O–H groups in total. The first-order chi connectivity index (χ1) is 22.8. The molecule has 4 aromatic carbocycles. The van der Waals surface area contributed by atoms with Gasteiger partial charge in [-0.1, -0.05) is 109 Å². The van der Waals surface area contributed by atoms with Crippen molar-refractivity contribution in [1.82, 2.24) is 0 Å². The molecule has 1 aliphatic heterocycles. The predicted molar refractivity (Wildman–Crippen MR) is 178 cm³/mol. The maximum atomic E-state index is 15.0. The molecule has 47 heavy (non-hydrogen) atoms. The van der Waals surface area contributed by atoms with E-state index in [4.69, 9.17) is 0 Å². The van der Waals surface area contributed by atoms with Crippen molar-refractivity contribution in [1.29, 1.82) is 0 Å². The van der Waals surface area contributed by atoms with Crippen molar-refractivity contribution in [2.45, 2.75) is 31.1 Å². The Morgan fingerprint density at radius 3 is 2.11 bits per heavy atom. The number of benzene rings is 4. The molecule has 2 fully saturated rings. The number of rotatable bonds is 4. The second-order valence-corrected chi connectivity index (χ2v) is 13.1. The van der Waals surface area contributed by atoms with Gasteiger partial charge in [0.2, 0.25) is 11.8 Å². The average Bonchev–Trinajstić information content (AvgIpc) is 3.37. The molecule has 4 aliphatic rings. The summed E-state index contributed by atoms with van der Waals surface area (Å²) in [7, 11) is 0. The molecule has 1 saturated carbocycles. The van der Waals surface area contributed by atoms with Crippen LogP contribution in [0.15, 0.2) is 127 Å². The predicted octanol–water partition coefficient (Wildman–Crippen LogP) is 6.73. The van der Waals surface area contributed by atoms with Gasteiger partial charge in [-0.15, -0.1) is 0 Å². The monoisotopic (exact) mass is 619 g/mol. The molecule has 3 aliphatic carbocycles. The summed E-state index contributed by atoms with van der Waals surface area (Å²) in [5, 5.41) is 11.7. The van der Waals surface area contributed by atoms with Crippen LogP contribution in [0.25, 0.3) is 5.57 Å². The Balaban J connectivity index is 1.38. The largest absolute Gasteiger partial charge is 0.507 e. The summed E-state index contributed by atoms with van der Waals surface area (Å²) in [5.74, 6) is -4.20. The van der Waals surface area contributed by atoms with Crippen LogP contribution in [0.1, 0.15) is 41.0 Å². The second-order valence-electron chi connectivity index (χ2n) is 13.1. The number of anilines is 1. The minimum atomic E-state index is -1.37. The molecule has 0 radical (unpaired) electrons. The SMILES string of the molecule is Cc1cccc([C@H]2C3=CC[C@@H]4C(=O)N(c5ccccc5)C(=O)[C@@H]4[C@@H]3C[C@H]3C(=O)C(c4ccccc4)=CC(=O)[C@@]23c2ccccc2)c1O. The van der Waals surface area contributed by atoms with E-state index in [1.165, 1.54) is 11.0 Å². The smallest absolute Gasteiger partial charge is 0.238 e. The van der Waals surface area contributed by atoms with Gasteiger partial charge in [-0.3, -0.25) is 24.1 Å². The number of aromatic hydroxyl groups is 1. The molecule has 6 nitrogen and oxygen atoms in total. The lowest BCUT2D eigenvalue weighted by molar-refractivity contribution is -0.135. The van der Waals surface area contributed by atoms with E-state index in [1.54, 1.807) is 24.3 Å². The van der Waals surface area contributed by atoms with Crippen LogP contribution in [0.4, 0.5) is 5.69 Å². The summed E-state index contributed by atoms with van der Waals surface area (Å²) in [4.78, 5) is 59.6. The van der Waals surface area contributed by atoms with Gasteiger partial charge in [0.25, 0.3) is 0 Å². The quantitative estimate of drug-likeness (QED) is 0.202. The number of amides is 2. The Bertz CT molecular complexity index is 2010. The third-order valence-corrected chi connectivity index (χ3v) is 11.0. The molecular formula is C41H33NO5. The molecule has 6 atom stereocenters. The standard InChI is InChI=1S/C41H33NO5/c1-24-12-11-19-30(37(24)44)36-28-20-21-29-35(40(47)42(39(29)46)27-17-9-4-10-18-27)32(28)22-33-38(45)31(25-13-5-2-6-14-25)23-34(43)41(33,36)26-15-7-3-8-16-26/h2-20,23,29,32-33,35-36,44H,21-22H2,1H3/t29-,32+,33-,35-,36+,41-/m0/s1. The molecule has 6 heteroatoms. The van der Waals surface area contributed by atoms with Gasteiger partial charge in [-0.05, 0) is 60.6 Å². The number of ketones is 2. The highest BCUT2D eigenvalue weighted by Gasteiger charge is 2.66. The van der Waals surface area contributed by atoms with Gasteiger partial charge in [0.05, 0.1) is 22.9 Å². The van der Waals surface area contributed by atoms with Gasteiger partial charge < -0.3 is 5.11 Å². The van der Waals surface area contributed by atoms with Gasteiger partial charge in [-0.25, -0.2) is 0 Å². The first-order valence-electron chi connectivity index (χ1n) is 16.2. The van der Waals surface area contributed by atoms with Gasteiger partial charge in [0.15, 0.2) is 11.6 Å². The van der Waals surface area contributed by atoms with Crippen molar-refractivity contribution in [3.8, 4) is 5.75 Å². The van der Waals surface area contributed by atoms with E-state index >= 15 is 4.79 Å². The number of Topliss-reactive ketones (excluding diaryl/α,β-unsaturated/α-hetero) is 1. The lowest BCUT2D eigenvalue weighted by Crippen LogP contribution is -2.58. The Hall–Kier alpha value is -5.36. The highest BCUT2D eigenvalue weighted by molar-refractivity contribution is 6.32. The third-order valence-electron chi connectivity index (χ3n) is 11.0. The van der Waals surface area contributed by atoms with Crippen LogP contribution in [-0.2, 0) is 24.6 Å². The number of fused-ring (bicyclic) bond motifs is 4. The van der Waals surface area contributed by atoms with Crippen molar-refractivity contribution < 1.29 is 24.3 Å². The van der Waals surface area contributed by atoms with Crippen molar-refractivity contribution in [3.05, 3.63) is 149 Å². The van der Waals surface area contributed by atoms with E-state index in [2.05, 4.69) is 0 Å². The number of aryl methyl sites for hydroxylation is 1. The fourth-order valence-corrected chi connectivity index (χ4v) is 8.96. The Morgan fingerprint density at radius 2 is 1.40 bits per heavy atom. The Morgan fingerprint density at radius 1 is 0.745 bits per heavy atom. The molecule has 8 rings (SSSR count). The van der Waals surface area contributed by atoms with Gasteiger partial charge in [0.1, 0.15) is 5.75 Å². The molecule has 0 unspecified atom stereocenters. The first-order valence-corrected chi connectivity index (χ1v) is 16.2. The molecule has 0 aromatic heterocycles. The van der Waals surface area contributed by atoms with E-state index in [0.29, 0.717) is 39.9 Å². The van der Waals surface area contributed by atoms with E-state index in [9.17, 15) is 19.5 Å². The van der Waals surface area contributed by atoms with Gasteiger partial charge >= 0.3 is 0 Å². The highest BCUT2D eigenvalue weighted by atomic mass is 16.3. The van der Waals surface area contributed by atoms with Gasteiger partial charge in [-0.2, -0.15) is 0 Å². The summed E-state index contributed by atoms with van der Waals surface area (Å²) in [6.07, 6.45) is 4.07. The average molecular weight is 620 g/mol. The van der Waals surface area contributed by atoms with Crippen LogP contribution in [0.5, 0.6) is 5.75 Å². The molecule has 2 amide bonds. The number of imide groups is 1. The molecule has 0 spiro atoms. The maximum Gasteiger partial charge on any atom is 0.238 e. The first kappa shape index (κ1) is 29.1. The van der Waals surface area contributed by atoms with Crippen LogP contribution in [0.2, 0.25) is 0 Å². The van der Waals surface area contributed by atoms with E-state index < -0.39 is 35.0 Å². The topological polar surface area (TPSA) is 91.8 Å². The maximum absolute atomic E-state index is 15.0. The summed E-state index contributed by atoms with van der Waals surface area (Å²) in [6.45, 7) is 1.81. The third kappa shape index (κ3) is 4.10. The van der Waals surface area contributed by atoms with E-state index in [0.717, 1.165) is 5.57 Å². The lowest BCUT2D eigenvalue weighted by atomic mass is 9.44. The molecule has 0 bridgehead atoms. The number of carbonyl (C=O) groups is 4. The Kier molecular flexibility index (Phi) is 6.72. The number of hydrogen-bond acceptors (Lipinski definition) is 5. The van der Waals surface area contributed by atoms with Crippen molar-refractivity contribution >= 4 is 34.6 Å². The Labute approximate surface area is 273 Å². The van der Waals surface area contributed by atoms with Gasteiger partial charge in [0, 0.05) is 23.0 Å². The normalized spacial score (nSPS) is 28.3. The van der Waals surface area contributed by atoms with Crippen molar-refractivity contribution in [2.24, 2.45) is 23.7 Å². The zero-order valence-electron chi connectivity index (χ0n) is 25.9. The van der Waals surface area contributed by atoms with Crippen LogP contribution < -0.4 is 4.90 Å². The number of phenols is 1. The zero-order valence-corrected chi connectivity index (χ0v) is 25.9. The van der Waals surface area contributed by atoms with Crippen LogP contribution in [0, 0.1) is 30.6 Å². The minimum absolute atomic E-state index is 0.0630. The summed E-state index contributed by atoms with van der Waals surface area (Å²) >= 11 is 0. The molecule has 1 heterocycles. The molecular weight excluding hydrogens is 586 g/mol. The minimum Gasteiger partial charge on any atom is -0.507 e. The number of carbonyl (C=O) groups excluding carboxylic acids is 4. The van der Waals surface area contributed by atoms with Crippen molar-refractivity contribution in [2.75, 3.05) is 4.90 Å². The summed E-state index contributed by atoms with van der Waals surface area (Å²) in [6, 6.07) is 33.1. The van der Waals surface area contributed by atoms with Crippen LogP contribution in [0.3, 0.4) is 0 Å². The summed E-state index contributed by atoms with van der Waals surface area (Å²) in [5.41, 5.74) is 2.88. The molecule has 4 aromatic rings. The van der Waals surface area contributed by atoms with Crippen LogP contribution in [-0.4, -0.2) is 28.5 Å². The zero-order chi connectivity index (χ0) is 32.4.